The smallest absolute Gasteiger partial charge is 0.307 e. The first-order valence-electron chi connectivity index (χ1n) is 6.26. The van der Waals surface area contributed by atoms with Crippen LogP contribution in [-0.4, -0.2) is 29.1 Å². The zero-order chi connectivity index (χ0) is 13.4. The largest absolute Gasteiger partial charge is 0.481 e. The van der Waals surface area contributed by atoms with Gasteiger partial charge in [0.1, 0.15) is 0 Å². The number of halogens is 1. The van der Waals surface area contributed by atoms with Crippen molar-refractivity contribution in [3.05, 3.63) is 34.2 Å². The van der Waals surface area contributed by atoms with E-state index < -0.39 is 5.97 Å². The maximum Gasteiger partial charge on any atom is 0.307 e. The van der Waals surface area contributed by atoms with Crippen molar-refractivity contribution in [2.24, 2.45) is 5.92 Å². The van der Waals surface area contributed by atoms with E-state index in [1.54, 1.807) is 11.3 Å². The lowest BCUT2D eigenvalue weighted by Crippen LogP contribution is -2.22. The standard InChI is InChI=1S/C14H14ClNO2S/c15-13-10-3-1-2-4-11(10)19-12(13)8-16-6-5-9(7-16)14(17)18/h1-4,9H,5-8H2,(H,17,18)/t9-/m1/s1. The predicted molar refractivity (Wildman–Crippen MR) is 77.9 cm³/mol. The van der Waals surface area contributed by atoms with Crippen molar-refractivity contribution in [1.82, 2.24) is 4.90 Å². The Hall–Kier alpha value is -1.10. The highest BCUT2D eigenvalue weighted by molar-refractivity contribution is 7.19. The molecule has 1 aliphatic rings. The van der Waals surface area contributed by atoms with Crippen LogP contribution in [0.4, 0.5) is 0 Å². The number of benzene rings is 1. The number of aliphatic carboxylic acids is 1. The normalized spacial score (nSPS) is 20.2. The van der Waals surface area contributed by atoms with Gasteiger partial charge in [-0.25, -0.2) is 0 Å². The molecule has 19 heavy (non-hydrogen) atoms. The van der Waals surface area contributed by atoms with Gasteiger partial charge in [0.05, 0.1) is 10.9 Å². The molecule has 1 aromatic heterocycles. The Morgan fingerprint density at radius 2 is 2.26 bits per heavy atom. The van der Waals surface area contributed by atoms with Crippen LogP contribution in [0.1, 0.15) is 11.3 Å². The van der Waals surface area contributed by atoms with Crippen LogP contribution in [0, 0.1) is 5.92 Å². The molecular formula is C14H14ClNO2S. The van der Waals surface area contributed by atoms with E-state index in [0.717, 1.165) is 34.8 Å². The summed E-state index contributed by atoms with van der Waals surface area (Å²) in [5.74, 6) is -0.918. The molecule has 0 amide bonds. The fraction of sp³-hybridized carbons (Fsp3) is 0.357. The Labute approximate surface area is 120 Å². The molecule has 100 valence electrons. The zero-order valence-electron chi connectivity index (χ0n) is 10.3. The quantitative estimate of drug-likeness (QED) is 0.943. The molecule has 0 spiro atoms. The van der Waals surface area contributed by atoms with E-state index in [4.69, 9.17) is 16.7 Å². The van der Waals surface area contributed by atoms with E-state index >= 15 is 0 Å². The third kappa shape index (κ3) is 2.48. The van der Waals surface area contributed by atoms with E-state index in [1.807, 2.05) is 18.2 Å². The second-order valence-electron chi connectivity index (χ2n) is 4.89. The van der Waals surface area contributed by atoms with Crippen molar-refractivity contribution < 1.29 is 9.90 Å². The van der Waals surface area contributed by atoms with Crippen LogP contribution in [0.2, 0.25) is 5.02 Å². The lowest BCUT2D eigenvalue weighted by molar-refractivity contribution is -0.141. The minimum Gasteiger partial charge on any atom is -0.481 e. The molecule has 0 saturated carbocycles. The van der Waals surface area contributed by atoms with Gasteiger partial charge in [-0.3, -0.25) is 9.69 Å². The van der Waals surface area contributed by atoms with E-state index in [9.17, 15) is 4.79 Å². The fourth-order valence-electron chi connectivity index (χ4n) is 2.55. The fourth-order valence-corrected chi connectivity index (χ4v) is 4.08. The highest BCUT2D eigenvalue weighted by Crippen LogP contribution is 2.36. The number of carbonyl (C=O) groups is 1. The molecule has 0 aliphatic carbocycles. The number of carboxylic acids is 1. The van der Waals surface area contributed by atoms with Crippen LogP contribution >= 0.6 is 22.9 Å². The van der Waals surface area contributed by atoms with Crippen molar-refractivity contribution in [2.45, 2.75) is 13.0 Å². The third-order valence-corrected chi connectivity index (χ3v) is 5.29. The number of hydrogen-bond donors (Lipinski definition) is 1. The van der Waals surface area contributed by atoms with Gasteiger partial charge in [-0.2, -0.15) is 0 Å². The average molecular weight is 296 g/mol. The van der Waals surface area contributed by atoms with E-state index in [-0.39, 0.29) is 5.92 Å². The zero-order valence-corrected chi connectivity index (χ0v) is 11.9. The van der Waals surface area contributed by atoms with E-state index in [1.165, 1.54) is 4.70 Å². The number of nitrogens with zero attached hydrogens (tertiary/aromatic N) is 1. The first kappa shape index (κ1) is 12.9. The summed E-state index contributed by atoms with van der Waals surface area (Å²) in [6.07, 6.45) is 0.734. The lowest BCUT2D eigenvalue weighted by atomic mass is 10.1. The summed E-state index contributed by atoms with van der Waals surface area (Å²) in [6.45, 7) is 2.21. The summed E-state index contributed by atoms with van der Waals surface area (Å²) in [6, 6.07) is 8.09. The van der Waals surface area contributed by atoms with Crippen molar-refractivity contribution in [3.8, 4) is 0 Å². The van der Waals surface area contributed by atoms with Crippen molar-refractivity contribution in [3.63, 3.8) is 0 Å². The number of likely N-dealkylation sites (tertiary alicyclic amines) is 1. The molecule has 1 aliphatic heterocycles. The summed E-state index contributed by atoms with van der Waals surface area (Å²) in [7, 11) is 0. The van der Waals surface area contributed by atoms with Gasteiger partial charge >= 0.3 is 5.97 Å². The molecule has 1 N–H and O–H groups in total. The maximum atomic E-state index is 11.0. The number of thiophene rings is 1. The molecule has 2 aromatic rings. The Bertz CT molecular complexity index is 625. The third-order valence-electron chi connectivity index (χ3n) is 3.59. The summed E-state index contributed by atoms with van der Waals surface area (Å²) < 4.78 is 1.19. The second-order valence-corrected chi connectivity index (χ2v) is 6.41. The molecule has 2 heterocycles. The number of carboxylic acid groups (broad SMARTS) is 1. The van der Waals surface area contributed by atoms with Gasteiger partial charge in [-0.1, -0.05) is 29.8 Å². The van der Waals surface area contributed by atoms with Crippen LogP contribution in [0.5, 0.6) is 0 Å². The van der Waals surface area contributed by atoms with Gasteiger partial charge in [0, 0.05) is 28.1 Å². The molecular weight excluding hydrogens is 282 g/mol. The maximum absolute atomic E-state index is 11.0. The van der Waals surface area contributed by atoms with Crippen molar-refractivity contribution in [2.75, 3.05) is 13.1 Å². The SMILES string of the molecule is O=C(O)[C@@H]1CCN(Cc2sc3ccccc3c2Cl)C1. The molecule has 3 rings (SSSR count). The van der Waals surface area contributed by atoms with Crippen LogP contribution in [0.15, 0.2) is 24.3 Å². The summed E-state index contributed by atoms with van der Waals surface area (Å²) in [5, 5.41) is 10.9. The van der Waals surface area contributed by atoms with Gasteiger partial charge < -0.3 is 5.11 Å². The van der Waals surface area contributed by atoms with Gasteiger partial charge in [0.2, 0.25) is 0 Å². The van der Waals surface area contributed by atoms with E-state index in [0.29, 0.717) is 6.54 Å². The Morgan fingerprint density at radius 3 is 2.95 bits per heavy atom. The molecule has 0 unspecified atom stereocenters. The summed E-state index contributed by atoms with van der Waals surface area (Å²) >= 11 is 8.10. The minimum atomic E-state index is -0.690. The van der Waals surface area contributed by atoms with Gasteiger partial charge in [-0.05, 0) is 19.0 Å². The molecule has 0 bridgehead atoms. The predicted octanol–water partition coefficient (Wildman–Crippen LogP) is 3.46. The first-order valence-corrected chi connectivity index (χ1v) is 7.45. The van der Waals surface area contributed by atoms with Crippen molar-refractivity contribution in [1.29, 1.82) is 0 Å². The number of rotatable bonds is 3. The topological polar surface area (TPSA) is 40.5 Å². The van der Waals surface area contributed by atoms with Crippen molar-refractivity contribution >= 4 is 39.0 Å². The Balaban J connectivity index is 1.79. The van der Waals surface area contributed by atoms with Gasteiger partial charge in [0.25, 0.3) is 0 Å². The highest BCUT2D eigenvalue weighted by atomic mass is 35.5. The Morgan fingerprint density at radius 1 is 1.47 bits per heavy atom. The second kappa shape index (κ2) is 5.12. The summed E-state index contributed by atoms with van der Waals surface area (Å²) in [4.78, 5) is 14.3. The molecule has 5 heteroatoms. The van der Waals surface area contributed by atoms with Crippen LogP contribution in [-0.2, 0) is 11.3 Å². The molecule has 1 fully saturated rings. The number of fused-ring (bicyclic) bond motifs is 1. The molecule has 1 saturated heterocycles. The lowest BCUT2D eigenvalue weighted by Gasteiger charge is -2.13. The van der Waals surface area contributed by atoms with E-state index in [2.05, 4.69) is 11.0 Å². The minimum absolute atomic E-state index is 0.229. The van der Waals surface area contributed by atoms with Crippen LogP contribution in [0.3, 0.4) is 0 Å². The summed E-state index contributed by atoms with van der Waals surface area (Å²) in [5.41, 5.74) is 0. The average Bonchev–Trinajstić information content (AvgIpc) is 2.97. The molecule has 3 nitrogen and oxygen atoms in total. The molecule has 1 atom stereocenters. The monoisotopic (exact) mass is 295 g/mol. The van der Waals surface area contributed by atoms with Crippen LogP contribution in [0.25, 0.3) is 10.1 Å². The number of hydrogen-bond acceptors (Lipinski definition) is 3. The first-order chi connectivity index (χ1) is 9.15. The van der Waals surface area contributed by atoms with Gasteiger partial charge in [0.15, 0.2) is 0 Å². The van der Waals surface area contributed by atoms with Gasteiger partial charge in [-0.15, -0.1) is 11.3 Å². The molecule has 0 radical (unpaired) electrons. The molecule has 1 aromatic carbocycles. The highest BCUT2D eigenvalue weighted by Gasteiger charge is 2.28. The van der Waals surface area contributed by atoms with Crippen LogP contribution < -0.4 is 0 Å². The Kier molecular flexibility index (Phi) is 3.48.